The number of amides is 2. The van der Waals surface area contributed by atoms with Gasteiger partial charge in [-0.1, -0.05) is 36.4 Å². The van der Waals surface area contributed by atoms with E-state index in [2.05, 4.69) is 5.32 Å². The second-order valence-corrected chi connectivity index (χ2v) is 11.4. The molecule has 0 aliphatic carbocycles. The first-order chi connectivity index (χ1) is 16.3. The van der Waals surface area contributed by atoms with E-state index in [1.165, 1.54) is 10.6 Å². The van der Waals surface area contributed by atoms with Gasteiger partial charge in [0.15, 0.2) is 0 Å². The van der Waals surface area contributed by atoms with E-state index in [1.54, 1.807) is 17.9 Å². The highest BCUT2D eigenvalue weighted by molar-refractivity contribution is 7.92. The van der Waals surface area contributed by atoms with Crippen LogP contribution in [0.25, 0.3) is 0 Å². The molecule has 0 radical (unpaired) electrons. The Labute approximate surface area is 210 Å². The molecule has 0 aliphatic rings. The maximum atomic E-state index is 13.4. The van der Waals surface area contributed by atoms with E-state index in [4.69, 9.17) is 0 Å². The molecule has 2 rings (SSSR count). The molecule has 2 aromatic rings. The lowest BCUT2D eigenvalue weighted by molar-refractivity contribution is -0.140. The van der Waals surface area contributed by atoms with Crippen LogP contribution in [0.1, 0.15) is 55.9 Å². The summed E-state index contributed by atoms with van der Waals surface area (Å²) in [6.07, 6.45) is 1.64. The Morgan fingerprint density at radius 3 is 2.17 bits per heavy atom. The number of hydrogen-bond acceptors (Lipinski definition) is 4. The van der Waals surface area contributed by atoms with Crippen molar-refractivity contribution in [3.8, 4) is 0 Å². The van der Waals surface area contributed by atoms with Crippen LogP contribution in [-0.4, -0.2) is 50.0 Å². The topological polar surface area (TPSA) is 86.8 Å². The molecule has 8 heteroatoms. The number of aryl methyl sites for hydroxylation is 2. The molecule has 0 spiro atoms. The highest BCUT2D eigenvalue weighted by Crippen LogP contribution is 2.25. The normalized spacial score (nSPS) is 12.3. The fourth-order valence-electron chi connectivity index (χ4n) is 3.95. The molecule has 0 aromatic heterocycles. The molecule has 192 valence electrons. The van der Waals surface area contributed by atoms with Gasteiger partial charge >= 0.3 is 0 Å². The van der Waals surface area contributed by atoms with Crippen LogP contribution in [0.3, 0.4) is 0 Å². The number of nitrogens with zero attached hydrogens (tertiary/aromatic N) is 2. The van der Waals surface area contributed by atoms with Crippen LogP contribution in [0.15, 0.2) is 42.5 Å². The fourth-order valence-corrected chi connectivity index (χ4v) is 4.96. The molecular weight excluding hydrogens is 462 g/mol. The summed E-state index contributed by atoms with van der Waals surface area (Å²) >= 11 is 0. The van der Waals surface area contributed by atoms with Gasteiger partial charge in [0.2, 0.25) is 21.8 Å². The number of benzene rings is 2. The van der Waals surface area contributed by atoms with Crippen molar-refractivity contribution in [2.45, 2.75) is 73.0 Å². The van der Waals surface area contributed by atoms with E-state index in [-0.39, 0.29) is 30.8 Å². The Kier molecular flexibility index (Phi) is 9.89. The van der Waals surface area contributed by atoms with E-state index >= 15 is 0 Å². The highest BCUT2D eigenvalue weighted by Gasteiger charge is 2.27. The molecule has 1 atom stereocenters. The zero-order chi connectivity index (χ0) is 26.3. The van der Waals surface area contributed by atoms with Gasteiger partial charge in [-0.25, -0.2) is 8.42 Å². The van der Waals surface area contributed by atoms with Crippen molar-refractivity contribution >= 4 is 27.5 Å². The largest absolute Gasteiger partial charge is 0.352 e. The average molecular weight is 502 g/mol. The molecular formula is C27H39N3O4S. The lowest BCUT2D eigenvalue weighted by Gasteiger charge is -2.30. The maximum Gasteiger partial charge on any atom is 0.242 e. The molecule has 2 aromatic carbocycles. The molecule has 0 fully saturated rings. The van der Waals surface area contributed by atoms with E-state index in [0.29, 0.717) is 18.7 Å². The first kappa shape index (κ1) is 28.4. The van der Waals surface area contributed by atoms with Crippen molar-refractivity contribution in [2.75, 3.05) is 17.1 Å². The van der Waals surface area contributed by atoms with Crippen LogP contribution in [0.2, 0.25) is 0 Å². The predicted molar refractivity (Wildman–Crippen MR) is 142 cm³/mol. The summed E-state index contributed by atoms with van der Waals surface area (Å²) in [6, 6.07) is 12.6. The third-order valence-electron chi connectivity index (χ3n) is 6.20. The van der Waals surface area contributed by atoms with Gasteiger partial charge in [0.05, 0.1) is 11.9 Å². The Morgan fingerprint density at radius 1 is 0.943 bits per heavy atom. The number of carbonyl (C=O) groups is 2. The van der Waals surface area contributed by atoms with Crippen molar-refractivity contribution in [1.82, 2.24) is 10.2 Å². The number of hydrogen-bond donors (Lipinski definition) is 1. The summed E-state index contributed by atoms with van der Waals surface area (Å²) in [5.74, 6) is -0.399. The van der Waals surface area contributed by atoms with Gasteiger partial charge in [-0.05, 0) is 76.3 Å². The third-order valence-corrected chi connectivity index (χ3v) is 7.38. The van der Waals surface area contributed by atoms with Crippen molar-refractivity contribution in [3.63, 3.8) is 0 Å². The fraction of sp³-hybridized carbons (Fsp3) is 0.481. The number of carbonyl (C=O) groups excluding carboxylic acids is 2. The molecule has 1 N–H and O–H groups in total. The summed E-state index contributed by atoms with van der Waals surface area (Å²) in [4.78, 5) is 27.7. The van der Waals surface area contributed by atoms with Crippen molar-refractivity contribution in [3.05, 3.63) is 64.7 Å². The van der Waals surface area contributed by atoms with Gasteiger partial charge in [0.25, 0.3) is 0 Å². The number of sulfonamides is 1. The van der Waals surface area contributed by atoms with Gasteiger partial charge in [0.1, 0.15) is 6.04 Å². The molecule has 35 heavy (non-hydrogen) atoms. The molecule has 0 saturated heterocycles. The first-order valence-corrected chi connectivity index (χ1v) is 13.9. The second-order valence-electron chi connectivity index (χ2n) is 9.45. The number of nitrogens with one attached hydrogen (secondary N) is 1. The molecule has 0 heterocycles. The lowest BCUT2D eigenvalue weighted by Crippen LogP contribution is -2.49. The van der Waals surface area contributed by atoms with Crippen LogP contribution in [0.5, 0.6) is 0 Å². The minimum Gasteiger partial charge on any atom is -0.352 e. The molecule has 1 unspecified atom stereocenters. The molecule has 2 amide bonds. The zero-order valence-electron chi connectivity index (χ0n) is 22.0. The van der Waals surface area contributed by atoms with Gasteiger partial charge in [-0.2, -0.15) is 0 Å². The van der Waals surface area contributed by atoms with Crippen LogP contribution in [0.4, 0.5) is 5.69 Å². The van der Waals surface area contributed by atoms with Crippen LogP contribution < -0.4 is 9.62 Å². The van der Waals surface area contributed by atoms with Gasteiger partial charge < -0.3 is 10.2 Å². The Morgan fingerprint density at radius 2 is 1.57 bits per heavy atom. The SMILES string of the molecule is Cc1ccccc1CN(C(=O)CCCN(c1cccc(C)c1C)S(C)(=O)=O)C(C)C(=O)NC(C)C. The first-order valence-electron chi connectivity index (χ1n) is 12.0. The monoisotopic (exact) mass is 501 g/mol. The Bertz CT molecular complexity index is 1140. The Hall–Kier alpha value is -2.87. The predicted octanol–water partition coefficient (Wildman–Crippen LogP) is 4.10. The van der Waals surface area contributed by atoms with E-state index < -0.39 is 16.1 Å². The summed E-state index contributed by atoms with van der Waals surface area (Å²) in [7, 11) is -3.53. The summed E-state index contributed by atoms with van der Waals surface area (Å²) < 4.78 is 26.5. The number of anilines is 1. The van der Waals surface area contributed by atoms with Gasteiger partial charge in [0, 0.05) is 25.6 Å². The van der Waals surface area contributed by atoms with Crippen LogP contribution >= 0.6 is 0 Å². The standard InChI is InChI=1S/C27H39N3O4S/c1-19(2)28-27(32)23(6)29(18-24-14-9-8-12-21(24)4)26(31)16-11-17-30(35(7,33)34)25-15-10-13-20(3)22(25)5/h8-10,12-15,19,23H,11,16-18H2,1-7H3,(H,28,32). The summed E-state index contributed by atoms with van der Waals surface area (Å²) in [6.45, 7) is 11.8. The smallest absolute Gasteiger partial charge is 0.242 e. The van der Waals surface area contributed by atoms with E-state index in [1.807, 2.05) is 71.0 Å². The zero-order valence-corrected chi connectivity index (χ0v) is 22.8. The summed E-state index contributed by atoms with van der Waals surface area (Å²) in [5.41, 5.74) is 4.53. The highest BCUT2D eigenvalue weighted by atomic mass is 32.2. The van der Waals surface area contributed by atoms with Gasteiger partial charge in [-0.3, -0.25) is 13.9 Å². The van der Waals surface area contributed by atoms with Crippen molar-refractivity contribution < 1.29 is 18.0 Å². The molecule has 0 saturated carbocycles. The average Bonchev–Trinajstić information content (AvgIpc) is 2.76. The second kappa shape index (κ2) is 12.2. The minimum absolute atomic E-state index is 0.0405. The van der Waals surface area contributed by atoms with E-state index in [0.717, 1.165) is 22.3 Å². The lowest BCUT2D eigenvalue weighted by atomic mass is 10.1. The third kappa shape index (κ3) is 7.82. The maximum absolute atomic E-state index is 13.4. The van der Waals surface area contributed by atoms with E-state index in [9.17, 15) is 18.0 Å². The minimum atomic E-state index is -3.53. The molecule has 0 aliphatic heterocycles. The van der Waals surface area contributed by atoms with Crippen molar-refractivity contribution in [1.29, 1.82) is 0 Å². The number of rotatable bonds is 11. The Balaban J connectivity index is 2.22. The van der Waals surface area contributed by atoms with Gasteiger partial charge in [-0.15, -0.1) is 0 Å². The molecule has 0 bridgehead atoms. The quantitative estimate of drug-likeness (QED) is 0.502. The summed E-state index contributed by atoms with van der Waals surface area (Å²) in [5, 5.41) is 2.89. The van der Waals surface area contributed by atoms with Crippen molar-refractivity contribution in [2.24, 2.45) is 0 Å². The van der Waals surface area contributed by atoms with Crippen LogP contribution in [0, 0.1) is 20.8 Å². The van der Waals surface area contributed by atoms with Crippen LogP contribution in [-0.2, 0) is 26.2 Å². The molecule has 7 nitrogen and oxygen atoms in total.